The highest BCUT2D eigenvalue weighted by atomic mass is 19.1. The summed E-state index contributed by atoms with van der Waals surface area (Å²) in [4.78, 5) is 30.4. The molecule has 0 radical (unpaired) electrons. The van der Waals surface area contributed by atoms with Gasteiger partial charge in [-0.25, -0.2) is 23.1 Å². The average molecular weight is 618 g/mol. The lowest BCUT2D eigenvalue weighted by Crippen LogP contribution is -2.42. The number of halogens is 2. The highest BCUT2D eigenvalue weighted by Gasteiger charge is 2.40. The Bertz CT molecular complexity index is 1970. The number of rotatable bonds is 3. The van der Waals surface area contributed by atoms with Crippen LogP contribution in [0.2, 0.25) is 0 Å². The van der Waals surface area contributed by atoms with Gasteiger partial charge in [-0.2, -0.15) is 10.2 Å². The smallest absolute Gasteiger partial charge is 0.410 e. The molecule has 0 unspecified atom stereocenters. The number of hydrogen-bond donors (Lipinski definition) is 1. The summed E-state index contributed by atoms with van der Waals surface area (Å²) in [5, 5.41) is 20.4. The molecule has 6 rings (SSSR count). The fraction of sp³-hybridized carbons (Fsp3) is 0.344. The Morgan fingerprint density at radius 2 is 1.82 bits per heavy atom. The van der Waals surface area contributed by atoms with Crippen molar-refractivity contribution in [2.75, 3.05) is 16.3 Å². The number of benzene rings is 2. The van der Waals surface area contributed by atoms with Crippen LogP contribution in [0.4, 0.5) is 25.1 Å². The third kappa shape index (κ3) is 4.71. The molecule has 1 atom stereocenters. The van der Waals surface area contributed by atoms with Crippen molar-refractivity contribution in [1.29, 1.82) is 0 Å². The topological polar surface area (TPSA) is 109 Å². The third-order valence-corrected chi connectivity index (χ3v) is 8.18. The molecular weight excluding hydrogens is 584 g/mol. The van der Waals surface area contributed by atoms with E-state index in [2.05, 4.69) is 5.10 Å². The van der Waals surface area contributed by atoms with Crippen LogP contribution in [0.5, 0.6) is 5.75 Å². The first-order valence-corrected chi connectivity index (χ1v) is 14.5. The zero-order chi connectivity index (χ0) is 32.5. The van der Waals surface area contributed by atoms with E-state index in [-0.39, 0.29) is 39.5 Å². The van der Waals surface area contributed by atoms with Crippen LogP contribution in [0.25, 0.3) is 16.6 Å². The minimum absolute atomic E-state index is 0.0319. The lowest BCUT2D eigenvalue weighted by molar-refractivity contribution is 0.0160. The second-order valence-electron chi connectivity index (χ2n) is 12.3. The van der Waals surface area contributed by atoms with Crippen LogP contribution in [0.15, 0.2) is 42.6 Å². The molecule has 0 spiro atoms. The van der Waals surface area contributed by atoms with Crippen molar-refractivity contribution < 1.29 is 28.2 Å². The molecule has 11 nitrogen and oxygen atoms in total. The fourth-order valence-corrected chi connectivity index (χ4v) is 5.94. The standard InChI is InChI=1S/C32H33F2N7O4/c1-17-14-24(29(43)18(2)27(17)33)41-30(26-19(3)38(11-10-21(26)36-41)31(44)45-32(4,5)6)40-13-12-39(25(40)16-42)23-9-8-22-20(28(23)34)15-35-37(22)7/h8-9,12-15,19,43H,10-11H2,1-7H3/t19-/m0/s1. The predicted octanol–water partition coefficient (Wildman–Crippen LogP) is 5.68. The molecule has 0 saturated carbocycles. The number of carbonyl (C=O) groups excluding carboxylic acids is 2. The molecule has 45 heavy (non-hydrogen) atoms. The first-order chi connectivity index (χ1) is 21.2. The lowest BCUT2D eigenvalue weighted by atomic mass is 9.99. The molecule has 4 heterocycles. The maximum atomic E-state index is 15.8. The van der Waals surface area contributed by atoms with Gasteiger partial charge in [-0.05, 0) is 65.3 Å². The Balaban J connectivity index is 1.53. The Morgan fingerprint density at radius 1 is 1.11 bits per heavy atom. The molecule has 1 N–H and O–H groups in total. The summed E-state index contributed by atoms with van der Waals surface area (Å²) in [5.41, 5.74) is 1.60. The van der Waals surface area contributed by atoms with Gasteiger partial charge < -0.3 is 14.7 Å². The van der Waals surface area contributed by atoms with Crippen LogP contribution in [-0.4, -0.2) is 53.7 Å². The third-order valence-electron chi connectivity index (χ3n) is 8.18. The summed E-state index contributed by atoms with van der Waals surface area (Å²) in [6.07, 6.45) is 4.31. The van der Waals surface area contributed by atoms with Gasteiger partial charge in [0, 0.05) is 43.5 Å². The summed E-state index contributed by atoms with van der Waals surface area (Å²) < 4.78 is 39.3. The molecule has 2 aromatic carbocycles. The number of aromatic hydroxyl groups is 1. The van der Waals surface area contributed by atoms with Gasteiger partial charge in [0.05, 0.1) is 34.5 Å². The summed E-state index contributed by atoms with van der Waals surface area (Å²) in [6, 6.07) is 4.13. The summed E-state index contributed by atoms with van der Waals surface area (Å²) in [7, 11) is 1.70. The molecule has 1 amide bonds. The number of phenols is 1. The van der Waals surface area contributed by atoms with Gasteiger partial charge >= 0.3 is 6.09 Å². The van der Waals surface area contributed by atoms with E-state index in [0.29, 0.717) is 35.6 Å². The van der Waals surface area contributed by atoms with E-state index in [1.54, 1.807) is 62.7 Å². The predicted molar refractivity (Wildman–Crippen MR) is 164 cm³/mol. The number of fused-ring (bicyclic) bond motifs is 2. The fourth-order valence-electron chi connectivity index (χ4n) is 5.94. The lowest BCUT2D eigenvalue weighted by Gasteiger charge is -2.35. The summed E-state index contributed by atoms with van der Waals surface area (Å²) >= 11 is 0. The van der Waals surface area contributed by atoms with Crippen LogP contribution < -0.4 is 9.80 Å². The second-order valence-corrected chi connectivity index (χ2v) is 12.3. The van der Waals surface area contributed by atoms with Crippen molar-refractivity contribution in [2.45, 2.75) is 59.6 Å². The zero-order valence-electron chi connectivity index (χ0n) is 26.0. The van der Waals surface area contributed by atoms with Crippen LogP contribution in [0.1, 0.15) is 56.1 Å². The number of carbonyl (C=O) groups is 1. The van der Waals surface area contributed by atoms with Gasteiger partial charge in [0.1, 0.15) is 28.7 Å². The van der Waals surface area contributed by atoms with Crippen molar-refractivity contribution in [3.63, 3.8) is 0 Å². The molecule has 0 fully saturated rings. The molecule has 0 aliphatic carbocycles. The van der Waals surface area contributed by atoms with Gasteiger partial charge in [0.25, 0.3) is 0 Å². The van der Waals surface area contributed by atoms with Crippen molar-refractivity contribution >= 4 is 34.4 Å². The molecule has 2 aliphatic heterocycles. The van der Waals surface area contributed by atoms with Crippen LogP contribution in [0.3, 0.4) is 0 Å². The molecule has 13 heteroatoms. The first kappa shape index (κ1) is 29.9. The number of hydrogen-bond acceptors (Lipinski definition) is 8. The van der Waals surface area contributed by atoms with Gasteiger partial charge in [-0.15, -0.1) is 0 Å². The van der Waals surface area contributed by atoms with Crippen LogP contribution in [-0.2, 0) is 23.0 Å². The number of amides is 1. The maximum Gasteiger partial charge on any atom is 0.410 e. The minimum Gasteiger partial charge on any atom is -0.505 e. The second kappa shape index (κ2) is 10.5. The van der Waals surface area contributed by atoms with Gasteiger partial charge in [-0.3, -0.25) is 14.5 Å². The monoisotopic (exact) mass is 617 g/mol. The van der Waals surface area contributed by atoms with E-state index in [1.165, 1.54) is 39.9 Å². The van der Waals surface area contributed by atoms with Gasteiger partial charge in [0.2, 0.25) is 5.82 Å². The SMILES string of the molecule is Cc1cc(-n2nc3c(c2N2C=CN(c4ccc5c(cnn5C)c4F)C2=C=O)[C@H](C)N(C(=O)OC(C)(C)C)CC3)c(O)c(C)c1F. The highest BCUT2D eigenvalue weighted by molar-refractivity contribution is 5.87. The Hall–Kier alpha value is -5.16. The van der Waals surface area contributed by atoms with E-state index < -0.39 is 29.4 Å². The largest absolute Gasteiger partial charge is 0.505 e. The van der Waals surface area contributed by atoms with Gasteiger partial charge in [0.15, 0.2) is 11.8 Å². The number of anilines is 2. The Kier molecular flexibility index (Phi) is 6.96. The molecule has 4 aromatic rings. The number of aryl methyl sites for hydroxylation is 2. The van der Waals surface area contributed by atoms with Crippen molar-refractivity contribution in [3.05, 3.63) is 76.6 Å². The van der Waals surface area contributed by atoms with Crippen LogP contribution >= 0.6 is 0 Å². The number of nitrogens with zero attached hydrogens (tertiary/aromatic N) is 7. The molecule has 2 aliphatic rings. The minimum atomic E-state index is -0.732. The summed E-state index contributed by atoms with van der Waals surface area (Å²) in [5.74, 6) is 0.687. The van der Waals surface area contributed by atoms with E-state index in [9.17, 15) is 19.1 Å². The Labute approximate surface area is 258 Å². The zero-order valence-corrected chi connectivity index (χ0v) is 26.0. The molecule has 2 aromatic heterocycles. The first-order valence-electron chi connectivity index (χ1n) is 14.5. The van der Waals surface area contributed by atoms with E-state index in [1.807, 2.05) is 12.9 Å². The van der Waals surface area contributed by atoms with Gasteiger partial charge in [-0.1, -0.05) is 0 Å². The normalized spacial score (nSPS) is 16.5. The number of phenolic OH excluding ortho intramolecular Hbond substituents is 1. The number of ether oxygens (including phenoxy) is 1. The molecular formula is C32H33F2N7O4. The molecule has 234 valence electrons. The van der Waals surface area contributed by atoms with E-state index >= 15 is 4.39 Å². The quantitative estimate of drug-likeness (QED) is 0.293. The Morgan fingerprint density at radius 3 is 2.51 bits per heavy atom. The van der Waals surface area contributed by atoms with E-state index in [0.717, 1.165) is 0 Å². The van der Waals surface area contributed by atoms with E-state index in [4.69, 9.17) is 9.84 Å². The van der Waals surface area contributed by atoms with Crippen molar-refractivity contribution in [2.24, 2.45) is 7.05 Å². The highest BCUT2D eigenvalue weighted by Crippen LogP contribution is 2.44. The molecule has 0 saturated heterocycles. The average Bonchev–Trinajstić information content (AvgIpc) is 3.68. The molecule has 0 bridgehead atoms. The number of aromatic nitrogens is 4. The summed E-state index contributed by atoms with van der Waals surface area (Å²) in [6.45, 7) is 10.5. The van der Waals surface area contributed by atoms with Crippen LogP contribution in [0, 0.1) is 25.5 Å². The van der Waals surface area contributed by atoms with Crippen molar-refractivity contribution in [3.8, 4) is 11.4 Å². The maximum absolute atomic E-state index is 15.8. The van der Waals surface area contributed by atoms with Crippen molar-refractivity contribution in [1.82, 2.24) is 24.5 Å².